The molecule has 3 aromatic rings. The molecular formula is C25H28N4. The van der Waals surface area contributed by atoms with Crippen LogP contribution < -0.4 is 10.6 Å². The number of fused-ring (bicyclic) bond motifs is 1. The van der Waals surface area contributed by atoms with Gasteiger partial charge in [-0.2, -0.15) is 0 Å². The number of allylic oxidation sites excluding steroid dienone is 3. The first kappa shape index (κ1) is 19.2. The molecule has 0 saturated heterocycles. The SMILES string of the molecule is Cc1ccc(Nc2nc3ccccc3nc2NC2=CC(C)C(C)(C)C=C2)cc1C. The van der Waals surface area contributed by atoms with Gasteiger partial charge in [-0.25, -0.2) is 9.97 Å². The Morgan fingerprint density at radius 3 is 2.14 bits per heavy atom. The fourth-order valence-corrected chi connectivity index (χ4v) is 3.35. The minimum Gasteiger partial charge on any atom is -0.337 e. The second-order valence-electron chi connectivity index (χ2n) is 8.52. The van der Waals surface area contributed by atoms with Crippen LogP contribution in [0.1, 0.15) is 31.9 Å². The number of aryl methyl sites for hydroxylation is 2. The third-order valence-electron chi connectivity index (χ3n) is 5.90. The lowest BCUT2D eigenvalue weighted by Crippen LogP contribution is -2.21. The molecule has 0 fully saturated rings. The van der Waals surface area contributed by atoms with Gasteiger partial charge in [-0.15, -0.1) is 0 Å². The largest absolute Gasteiger partial charge is 0.337 e. The molecule has 2 N–H and O–H groups in total. The van der Waals surface area contributed by atoms with Crippen LogP contribution in [0.5, 0.6) is 0 Å². The summed E-state index contributed by atoms with van der Waals surface area (Å²) < 4.78 is 0. The first-order valence-electron chi connectivity index (χ1n) is 10.1. The fraction of sp³-hybridized carbons (Fsp3) is 0.280. The molecule has 0 aliphatic heterocycles. The summed E-state index contributed by atoms with van der Waals surface area (Å²) in [5.74, 6) is 1.88. The Hall–Kier alpha value is -3.14. The molecule has 1 aliphatic carbocycles. The van der Waals surface area contributed by atoms with E-state index in [0.29, 0.717) is 5.92 Å². The van der Waals surface area contributed by atoms with E-state index >= 15 is 0 Å². The van der Waals surface area contributed by atoms with E-state index in [1.54, 1.807) is 0 Å². The van der Waals surface area contributed by atoms with Gasteiger partial charge in [-0.3, -0.25) is 0 Å². The maximum atomic E-state index is 4.86. The highest BCUT2D eigenvalue weighted by molar-refractivity contribution is 5.82. The molecule has 0 saturated carbocycles. The van der Waals surface area contributed by atoms with Crippen LogP contribution >= 0.6 is 0 Å². The van der Waals surface area contributed by atoms with Crippen LogP contribution in [-0.4, -0.2) is 9.97 Å². The van der Waals surface area contributed by atoms with E-state index in [2.05, 4.69) is 81.7 Å². The number of rotatable bonds is 4. The highest BCUT2D eigenvalue weighted by Crippen LogP contribution is 2.35. The van der Waals surface area contributed by atoms with Gasteiger partial charge in [-0.1, -0.05) is 51.1 Å². The lowest BCUT2D eigenvalue weighted by atomic mass is 9.77. The number of nitrogens with one attached hydrogen (secondary N) is 2. The van der Waals surface area contributed by atoms with E-state index in [1.165, 1.54) is 11.1 Å². The number of hydrogen-bond donors (Lipinski definition) is 2. The minimum atomic E-state index is 0.154. The fourth-order valence-electron chi connectivity index (χ4n) is 3.35. The molecule has 1 atom stereocenters. The average Bonchev–Trinajstić information content (AvgIpc) is 2.68. The summed E-state index contributed by atoms with van der Waals surface area (Å²) in [7, 11) is 0. The highest BCUT2D eigenvalue weighted by atomic mass is 15.1. The molecule has 1 aliphatic rings. The molecule has 0 bridgehead atoms. The van der Waals surface area contributed by atoms with Crippen molar-refractivity contribution in [2.75, 3.05) is 10.6 Å². The Bertz CT molecular complexity index is 1120. The van der Waals surface area contributed by atoms with Crippen LogP contribution in [0, 0.1) is 25.2 Å². The first-order valence-corrected chi connectivity index (χ1v) is 10.1. The van der Waals surface area contributed by atoms with Gasteiger partial charge < -0.3 is 10.6 Å². The average molecular weight is 385 g/mol. The van der Waals surface area contributed by atoms with Crippen LogP contribution in [0.4, 0.5) is 17.3 Å². The van der Waals surface area contributed by atoms with E-state index in [1.807, 2.05) is 24.3 Å². The van der Waals surface area contributed by atoms with Crippen LogP contribution in [0.15, 0.2) is 66.4 Å². The minimum absolute atomic E-state index is 0.154. The summed E-state index contributed by atoms with van der Waals surface area (Å²) in [4.78, 5) is 9.70. The van der Waals surface area contributed by atoms with Crippen LogP contribution in [-0.2, 0) is 0 Å². The molecule has 0 radical (unpaired) electrons. The molecule has 4 rings (SSSR count). The topological polar surface area (TPSA) is 49.8 Å². The van der Waals surface area contributed by atoms with Crippen molar-refractivity contribution >= 4 is 28.4 Å². The van der Waals surface area contributed by atoms with Crippen molar-refractivity contribution in [3.8, 4) is 0 Å². The molecule has 2 aromatic carbocycles. The Kier molecular flexibility index (Phi) is 4.87. The quantitative estimate of drug-likeness (QED) is 0.538. The van der Waals surface area contributed by atoms with Crippen molar-refractivity contribution in [1.29, 1.82) is 0 Å². The zero-order chi connectivity index (χ0) is 20.6. The zero-order valence-corrected chi connectivity index (χ0v) is 17.7. The standard InChI is InChI=1S/C25H28N4/c1-16-10-11-19(14-17(16)2)26-23-24(29-22-9-7-6-8-21(22)28-23)27-20-12-13-25(4,5)18(3)15-20/h6-15,18H,1-5H3,(H,26,28)(H,27,29). The second-order valence-corrected chi connectivity index (χ2v) is 8.52. The van der Waals surface area contributed by atoms with Gasteiger partial charge >= 0.3 is 0 Å². The number of anilines is 3. The number of nitrogens with zero attached hydrogens (tertiary/aromatic N) is 2. The molecule has 0 amide bonds. The van der Waals surface area contributed by atoms with Crippen LogP contribution in [0.2, 0.25) is 0 Å². The van der Waals surface area contributed by atoms with Gasteiger partial charge in [0.15, 0.2) is 11.6 Å². The maximum absolute atomic E-state index is 4.86. The lowest BCUT2D eigenvalue weighted by Gasteiger charge is -2.30. The van der Waals surface area contributed by atoms with Crippen molar-refractivity contribution in [2.24, 2.45) is 11.3 Å². The monoisotopic (exact) mass is 384 g/mol. The van der Waals surface area contributed by atoms with E-state index in [9.17, 15) is 0 Å². The normalized spacial score (nSPS) is 17.8. The van der Waals surface area contributed by atoms with Crippen molar-refractivity contribution in [3.63, 3.8) is 0 Å². The zero-order valence-electron chi connectivity index (χ0n) is 17.7. The Morgan fingerprint density at radius 1 is 0.862 bits per heavy atom. The van der Waals surface area contributed by atoms with Gasteiger partial charge in [0.1, 0.15) is 0 Å². The molecule has 1 unspecified atom stereocenters. The summed E-state index contributed by atoms with van der Waals surface area (Å²) in [6.07, 6.45) is 6.65. The summed E-state index contributed by atoms with van der Waals surface area (Å²) in [6.45, 7) is 11.0. The lowest BCUT2D eigenvalue weighted by molar-refractivity contribution is 0.362. The molecular weight excluding hydrogens is 356 g/mol. The molecule has 0 spiro atoms. The maximum Gasteiger partial charge on any atom is 0.174 e. The molecule has 4 heteroatoms. The van der Waals surface area contributed by atoms with Crippen molar-refractivity contribution < 1.29 is 0 Å². The van der Waals surface area contributed by atoms with Gasteiger partial charge in [0.25, 0.3) is 0 Å². The summed E-state index contributed by atoms with van der Waals surface area (Å²) in [5, 5.41) is 6.96. The van der Waals surface area contributed by atoms with Crippen molar-refractivity contribution in [1.82, 2.24) is 9.97 Å². The van der Waals surface area contributed by atoms with Crippen molar-refractivity contribution in [2.45, 2.75) is 34.6 Å². The molecule has 4 nitrogen and oxygen atoms in total. The Labute approximate surface area is 172 Å². The van der Waals surface area contributed by atoms with E-state index in [4.69, 9.17) is 9.97 Å². The third-order valence-corrected chi connectivity index (χ3v) is 5.90. The predicted octanol–water partition coefficient (Wildman–Crippen LogP) is 6.52. The summed E-state index contributed by atoms with van der Waals surface area (Å²) in [6, 6.07) is 14.3. The Morgan fingerprint density at radius 2 is 1.52 bits per heavy atom. The Balaban J connectivity index is 1.72. The van der Waals surface area contributed by atoms with Gasteiger partial charge in [0.05, 0.1) is 11.0 Å². The van der Waals surface area contributed by atoms with E-state index < -0.39 is 0 Å². The van der Waals surface area contributed by atoms with Gasteiger partial charge in [0.2, 0.25) is 0 Å². The van der Waals surface area contributed by atoms with E-state index in [-0.39, 0.29) is 5.41 Å². The first-order chi connectivity index (χ1) is 13.8. The van der Waals surface area contributed by atoms with Gasteiger partial charge in [0, 0.05) is 11.4 Å². The molecule has 148 valence electrons. The van der Waals surface area contributed by atoms with Crippen LogP contribution in [0.25, 0.3) is 11.0 Å². The molecule has 1 aromatic heterocycles. The third kappa shape index (κ3) is 4.02. The van der Waals surface area contributed by atoms with Crippen molar-refractivity contribution in [3.05, 3.63) is 77.5 Å². The highest BCUT2D eigenvalue weighted by Gasteiger charge is 2.24. The second kappa shape index (κ2) is 7.36. The molecule has 1 heterocycles. The number of para-hydroxylation sites is 2. The summed E-state index contributed by atoms with van der Waals surface area (Å²) in [5.41, 5.74) is 6.45. The number of hydrogen-bond acceptors (Lipinski definition) is 4. The predicted molar refractivity (Wildman–Crippen MR) is 123 cm³/mol. The van der Waals surface area contributed by atoms with E-state index in [0.717, 1.165) is 34.1 Å². The van der Waals surface area contributed by atoms with Crippen LogP contribution in [0.3, 0.4) is 0 Å². The molecule has 29 heavy (non-hydrogen) atoms. The summed E-state index contributed by atoms with van der Waals surface area (Å²) >= 11 is 0. The number of benzene rings is 2. The van der Waals surface area contributed by atoms with Gasteiger partial charge in [-0.05, 0) is 66.6 Å². The smallest absolute Gasteiger partial charge is 0.174 e. The number of aromatic nitrogens is 2.